The first-order valence-corrected chi connectivity index (χ1v) is 9.45. The number of amides is 2. The Morgan fingerprint density at radius 1 is 0.929 bits per heavy atom. The summed E-state index contributed by atoms with van der Waals surface area (Å²) in [6.45, 7) is 3.62. The molecule has 2 aromatic rings. The fraction of sp³-hybridized carbons (Fsp3) is 0.333. The summed E-state index contributed by atoms with van der Waals surface area (Å²) in [6.07, 6.45) is 1.53. The van der Waals surface area contributed by atoms with Crippen molar-refractivity contribution in [2.75, 3.05) is 39.3 Å². The largest absolute Gasteiger partial charge is 0.467 e. The molecule has 1 N–H and O–H groups in total. The third kappa shape index (κ3) is 3.46. The number of hydrogen-bond donors (Lipinski definition) is 1. The van der Waals surface area contributed by atoms with Crippen LogP contribution in [0.25, 0.3) is 5.57 Å². The van der Waals surface area contributed by atoms with Gasteiger partial charge in [0.05, 0.1) is 25.0 Å². The van der Waals surface area contributed by atoms with Crippen molar-refractivity contribution in [2.24, 2.45) is 0 Å². The third-order valence-corrected chi connectivity index (χ3v) is 5.20. The zero-order valence-electron chi connectivity index (χ0n) is 15.6. The number of hydrogen-bond acceptors (Lipinski definition) is 6. The molecule has 0 bridgehead atoms. The van der Waals surface area contributed by atoms with Gasteiger partial charge in [-0.2, -0.15) is 0 Å². The molecule has 1 saturated heterocycles. The zero-order valence-corrected chi connectivity index (χ0v) is 15.6. The SMILES string of the molecule is O=C1C(c2ccccc2)=C(N2CCN(CCO)CC2)C(=O)N1Cc1ccco1. The van der Waals surface area contributed by atoms with E-state index in [-0.39, 0.29) is 25.0 Å². The Morgan fingerprint density at radius 3 is 2.32 bits per heavy atom. The Hall–Kier alpha value is -2.90. The fourth-order valence-electron chi connectivity index (χ4n) is 3.76. The highest BCUT2D eigenvalue weighted by molar-refractivity contribution is 6.35. The first-order valence-electron chi connectivity index (χ1n) is 9.45. The Bertz CT molecular complexity index is 868. The molecule has 7 nitrogen and oxygen atoms in total. The number of carbonyl (C=O) groups excluding carboxylic acids is 2. The number of benzene rings is 1. The monoisotopic (exact) mass is 381 g/mol. The van der Waals surface area contributed by atoms with Crippen LogP contribution in [0.4, 0.5) is 0 Å². The lowest BCUT2D eigenvalue weighted by Gasteiger charge is -2.36. The second kappa shape index (κ2) is 8.00. The van der Waals surface area contributed by atoms with Crippen molar-refractivity contribution < 1.29 is 19.1 Å². The molecule has 2 aliphatic heterocycles. The highest BCUT2D eigenvalue weighted by atomic mass is 16.3. The summed E-state index contributed by atoms with van der Waals surface area (Å²) in [6, 6.07) is 12.8. The number of furan rings is 1. The van der Waals surface area contributed by atoms with E-state index in [0.717, 1.165) is 18.7 Å². The van der Waals surface area contributed by atoms with Gasteiger partial charge in [0.1, 0.15) is 11.5 Å². The number of β-amino-alcohol motifs (C(OH)–C–C–N with tert-alkyl or cyclic N) is 1. The molecule has 146 valence electrons. The van der Waals surface area contributed by atoms with Crippen molar-refractivity contribution >= 4 is 17.4 Å². The van der Waals surface area contributed by atoms with Gasteiger partial charge in [-0.05, 0) is 17.7 Å². The van der Waals surface area contributed by atoms with Gasteiger partial charge < -0.3 is 14.4 Å². The van der Waals surface area contributed by atoms with Gasteiger partial charge in [-0.1, -0.05) is 30.3 Å². The smallest absolute Gasteiger partial charge is 0.278 e. The Kier molecular flexibility index (Phi) is 5.27. The molecule has 2 aliphatic rings. The Morgan fingerprint density at radius 2 is 1.68 bits per heavy atom. The maximum Gasteiger partial charge on any atom is 0.278 e. The second-order valence-electron chi connectivity index (χ2n) is 6.92. The zero-order chi connectivity index (χ0) is 19.5. The van der Waals surface area contributed by atoms with Gasteiger partial charge >= 0.3 is 0 Å². The predicted molar refractivity (Wildman–Crippen MR) is 103 cm³/mol. The van der Waals surface area contributed by atoms with Crippen molar-refractivity contribution in [1.82, 2.24) is 14.7 Å². The summed E-state index contributed by atoms with van der Waals surface area (Å²) in [5.74, 6) is -0.000578. The van der Waals surface area contributed by atoms with Crippen molar-refractivity contribution in [3.05, 3.63) is 65.7 Å². The van der Waals surface area contributed by atoms with Crippen molar-refractivity contribution in [2.45, 2.75) is 6.54 Å². The van der Waals surface area contributed by atoms with Crippen LogP contribution in [0.5, 0.6) is 0 Å². The molecule has 0 unspecified atom stereocenters. The number of aliphatic hydroxyl groups excluding tert-OH is 1. The molecule has 0 spiro atoms. The van der Waals surface area contributed by atoms with E-state index < -0.39 is 0 Å². The number of carbonyl (C=O) groups is 2. The quantitative estimate of drug-likeness (QED) is 0.757. The highest BCUT2D eigenvalue weighted by Crippen LogP contribution is 2.33. The third-order valence-electron chi connectivity index (χ3n) is 5.20. The molecule has 1 fully saturated rings. The number of nitrogens with zero attached hydrogens (tertiary/aromatic N) is 3. The van der Waals surface area contributed by atoms with Gasteiger partial charge in [-0.25, -0.2) is 0 Å². The van der Waals surface area contributed by atoms with Crippen LogP contribution in [0.3, 0.4) is 0 Å². The number of aliphatic hydroxyl groups is 1. The summed E-state index contributed by atoms with van der Waals surface area (Å²) >= 11 is 0. The summed E-state index contributed by atoms with van der Waals surface area (Å²) in [4.78, 5) is 31.9. The fourth-order valence-corrected chi connectivity index (χ4v) is 3.76. The van der Waals surface area contributed by atoms with Crippen molar-refractivity contribution in [3.8, 4) is 0 Å². The average molecular weight is 381 g/mol. The minimum atomic E-state index is -0.291. The molecular weight excluding hydrogens is 358 g/mol. The summed E-state index contributed by atoms with van der Waals surface area (Å²) in [5.41, 5.74) is 1.66. The van der Waals surface area contributed by atoms with E-state index in [0.29, 0.717) is 36.7 Å². The van der Waals surface area contributed by atoms with Crippen LogP contribution < -0.4 is 0 Å². The van der Waals surface area contributed by atoms with Gasteiger partial charge in [0.25, 0.3) is 11.8 Å². The highest BCUT2D eigenvalue weighted by Gasteiger charge is 2.42. The molecular formula is C21H23N3O4. The lowest BCUT2D eigenvalue weighted by Crippen LogP contribution is -2.48. The molecule has 0 saturated carbocycles. The van der Waals surface area contributed by atoms with Crippen LogP contribution in [0.15, 0.2) is 58.8 Å². The van der Waals surface area contributed by atoms with Gasteiger partial charge in [0, 0.05) is 32.7 Å². The molecule has 4 rings (SSSR count). The van der Waals surface area contributed by atoms with Gasteiger partial charge in [-0.15, -0.1) is 0 Å². The van der Waals surface area contributed by atoms with Crippen LogP contribution in [-0.4, -0.2) is 71.0 Å². The van der Waals surface area contributed by atoms with Gasteiger partial charge in [-0.3, -0.25) is 19.4 Å². The molecule has 0 atom stereocenters. The van der Waals surface area contributed by atoms with E-state index in [4.69, 9.17) is 9.52 Å². The summed E-state index contributed by atoms with van der Waals surface area (Å²) in [7, 11) is 0. The minimum absolute atomic E-state index is 0.117. The van der Waals surface area contributed by atoms with E-state index in [1.807, 2.05) is 35.2 Å². The number of rotatable bonds is 6. The van der Waals surface area contributed by atoms with E-state index >= 15 is 0 Å². The average Bonchev–Trinajstić information content (AvgIpc) is 3.32. The van der Waals surface area contributed by atoms with E-state index in [9.17, 15) is 9.59 Å². The predicted octanol–water partition coefficient (Wildman–Crippen LogP) is 1.17. The topological polar surface area (TPSA) is 77.2 Å². The molecule has 0 radical (unpaired) electrons. The Labute approximate surface area is 163 Å². The summed E-state index contributed by atoms with van der Waals surface area (Å²) in [5, 5.41) is 9.14. The van der Waals surface area contributed by atoms with Gasteiger partial charge in [0.15, 0.2) is 0 Å². The van der Waals surface area contributed by atoms with Crippen molar-refractivity contribution in [1.29, 1.82) is 0 Å². The summed E-state index contributed by atoms with van der Waals surface area (Å²) < 4.78 is 5.35. The van der Waals surface area contributed by atoms with E-state index in [1.54, 1.807) is 12.1 Å². The molecule has 3 heterocycles. The first-order chi connectivity index (χ1) is 13.7. The van der Waals surface area contributed by atoms with Crippen LogP contribution in [-0.2, 0) is 16.1 Å². The van der Waals surface area contributed by atoms with Crippen LogP contribution in [0, 0.1) is 0 Å². The molecule has 2 amide bonds. The maximum absolute atomic E-state index is 13.2. The standard InChI is InChI=1S/C21H23N3O4/c25-13-12-22-8-10-23(11-9-22)19-18(16-5-2-1-3-6-16)20(26)24(21(19)27)15-17-7-4-14-28-17/h1-7,14,25H,8-13,15H2. The van der Waals surface area contributed by atoms with Crippen LogP contribution >= 0.6 is 0 Å². The molecule has 0 aliphatic carbocycles. The minimum Gasteiger partial charge on any atom is -0.467 e. The number of imide groups is 1. The molecule has 1 aromatic carbocycles. The number of piperazine rings is 1. The normalized spacial score (nSPS) is 18.5. The van der Waals surface area contributed by atoms with E-state index in [1.165, 1.54) is 11.2 Å². The lowest BCUT2D eigenvalue weighted by atomic mass is 10.0. The molecule has 7 heteroatoms. The van der Waals surface area contributed by atoms with Crippen molar-refractivity contribution in [3.63, 3.8) is 0 Å². The van der Waals surface area contributed by atoms with Crippen LogP contribution in [0.2, 0.25) is 0 Å². The molecule has 1 aromatic heterocycles. The second-order valence-corrected chi connectivity index (χ2v) is 6.92. The first kappa shape index (κ1) is 18.5. The van der Waals surface area contributed by atoms with Crippen LogP contribution in [0.1, 0.15) is 11.3 Å². The maximum atomic E-state index is 13.2. The Balaban J connectivity index is 1.65. The molecule has 28 heavy (non-hydrogen) atoms. The van der Waals surface area contributed by atoms with Gasteiger partial charge in [0.2, 0.25) is 0 Å². The lowest BCUT2D eigenvalue weighted by molar-refractivity contribution is -0.138. The van der Waals surface area contributed by atoms with E-state index in [2.05, 4.69) is 4.90 Å².